The molecule has 0 aromatic carbocycles. The number of H-pyrrole nitrogens is 1. The topological polar surface area (TPSA) is 105 Å². The molecule has 0 fully saturated rings. The molecule has 2 rings (SSSR count). The van der Waals surface area contributed by atoms with Crippen molar-refractivity contribution in [1.82, 2.24) is 19.9 Å². The summed E-state index contributed by atoms with van der Waals surface area (Å²) in [5.74, 6) is 0.700. The predicted molar refractivity (Wildman–Crippen MR) is 102 cm³/mol. The van der Waals surface area contributed by atoms with E-state index in [4.69, 9.17) is 5.73 Å². The average molecular weight is 357 g/mol. The molecule has 3 N–H and O–H groups in total. The summed E-state index contributed by atoms with van der Waals surface area (Å²) < 4.78 is 0. The molecule has 140 valence electrons. The third-order valence-electron chi connectivity index (χ3n) is 4.57. The first-order chi connectivity index (χ1) is 12.3. The lowest BCUT2D eigenvalue weighted by atomic mass is 10.0. The van der Waals surface area contributed by atoms with Gasteiger partial charge >= 0.3 is 0 Å². The molecule has 7 heteroatoms. The van der Waals surface area contributed by atoms with E-state index in [9.17, 15) is 9.59 Å². The zero-order chi connectivity index (χ0) is 19.3. The fourth-order valence-corrected chi connectivity index (χ4v) is 2.55. The van der Waals surface area contributed by atoms with Crippen molar-refractivity contribution in [1.29, 1.82) is 0 Å². The molecule has 1 amide bonds. The van der Waals surface area contributed by atoms with Crippen LogP contribution in [0, 0.1) is 12.8 Å². The number of carbonyl (C=O) groups is 1. The van der Waals surface area contributed by atoms with Crippen molar-refractivity contribution in [2.45, 2.75) is 39.7 Å². The van der Waals surface area contributed by atoms with Crippen molar-refractivity contribution < 1.29 is 4.79 Å². The van der Waals surface area contributed by atoms with E-state index in [0.29, 0.717) is 29.5 Å². The fraction of sp³-hybridized carbons (Fsp3) is 0.474. The molecule has 0 spiro atoms. The summed E-state index contributed by atoms with van der Waals surface area (Å²) in [7, 11) is 1.73. The number of likely N-dealkylation sites (N-methyl/N-ethyl adjacent to an activating group) is 1. The van der Waals surface area contributed by atoms with Gasteiger partial charge in [0.15, 0.2) is 0 Å². The van der Waals surface area contributed by atoms with E-state index in [-0.39, 0.29) is 23.9 Å². The molecular formula is C19H27N5O2. The molecule has 7 nitrogen and oxygen atoms in total. The number of carbonyl (C=O) groups excluding carboxylic acids is 1. The molecule has 0 saturated heterocycles. The van der Waals surface area contributed by atoms with E-state index in [1.807, 2.05) is 6.07 Å². The van der Waals surface area contributed by atoms with Crippen molar-refractivity contribution in [2.75, 3.05) is 13.6 Å². The van der Waals surface area contributed by atoms with E-state index in [2.05, 4.69) is 28.8 Å². The van der Waals surface area contributed by atoms with Crippen LogP contribution in [0.4, 0.5) is 0 Å². The summed E-state index contributed by atoms with van der Waals surface area (Å²) in [6.07, 6.45) is 4.04. The quantitative estimate of drug-likeness (QED) is 0.781. The molecule has 0 aliphatic rings. The van der Waals surface area contributed by atoms with Gasteiger partial charge in [0.2, 0.25) is 5.91 Å². The number of rotatable bonds is 7. The zero-order valence-electron chi connectivity index (χ0n) is 15.8. The van der Waals surface area contributed by atoms with Crippen molar-refractivity contribution in [3.05, 3.63) is 46.1 Å². The molecule has 0 bridgehead atoms. The Hall–Kier alpha value is -2.54. The van der Waals surface area contributed by atoms with Crippen LogP contribution in [-0.2, 0) is 11.2 Å². The SMILES string of the molecule is Cc1nc(-c2cccnc2)[nH]c(=O)c1CC(=O)N(C)CCC(N)C(C)C. The van der Waals surface area contributed by atoms with Crippen LogP contribution in [-0.4, -0.2) is 45.4 Å². The summed E-state index contributed by atoms with van der Waals surface area (Å²) >= 11 is 0. The molecule has 0 aliphatic heterocycles. The lowest BCUT2D eigenvalue weighted by Crippen LogP contribution is -2.36. The van der Waals surface area contributed by atoms with Gasteiger partial charge in [0.1, 0.15) is 5.82 Å². The van der Waals surface area contributed by atoms with Crippen molar-refractivity contribution in [2.24, 2.45) is 11.7 Å². The van der Waals surface area contributed by atoms with Crippen molar-refractivity contribution >= 4 is 5.91 Å². The Kier molecular flexibility index (Phi) is 6.63. The molecule has 1 unspecified atom stereocenters. The standard InChI is InChI=1S/C19H27N5O2/c1-12(2)16(20)7-9-24(4)17(25)10-15-13(3)22-18(23-19(15)26)14-6-5-8-21-11-14/h5-6,8,11-12,16H,7,9-10,20H2,1-4H3,(H,22,23,26). The van der Waals surface area contributed by atoms with Crippen LogP contribution < -0.4 is 11.3 Å². The third-order valence-corrected chi connectivity index (χ3v) is 4.57. The number of nitrogens with one attached hydrogen (secondary N) is 1. The molecule has 1 atom stereocenters. The van der Waals surface area contributed by atoms with Crippen LogP contribution in [0.3, 0.4) is 0 Å². The Balaban J connectivity index is 2.09. The van der Waals surface area contributed by atoms with Gasteiger partial charge in [0.05, 0.1) is 6.42 Å². The van der Waals surface area contributed by atoms with E-state index < -0.39 is 0 Å². The molecule has 0 aliphatic carbocycles. The predicted octanol–water partition coefficient (Wildman–Crippen LogP) is 1.51. The highest BCUT2D eigenvalue weighted by Gasteiger charge is 2.17. The number of amides is 1. The Bertz CT molecular complexity index is 801. The summed E-state index contributed by atoms with van der Waals surface area (Å²) in [6, 6.07) is 3.65. The van der Waals surface area contributed by atoms with E-state index >= 15 is 0 Å². The minimum atomic E-state index is -0.294. The number of pyridine rings is 1. The summed E-state index contributed by atoms with van der Waals surface area (Å²) in [5.41, 5.74) is 7.40. The Morgan fingerprint density at radius 2 is 2.12 bits per heavy atom. The molecule has 26 heavy (non-hydrogen) atoms. The van der Waals surface area contributed by atoms with Gasteiger partial charge in [0, 0.05) is 48.8 Å². The number of aromatic nitrogens is 3. The summed E-state index contributed by atoms with van der Waals surface area (Å²) in [5, 5.41) is 0. The maximum absolute atomic E-state index is 12.4. The fourth-order valence-electron chi connectivity index (χ4n) is 2.55. The summed E-state index contributed by atoms with van der Waals surface area (Å²) in [6.45, 7) is 6.43. The second-order valence-electron chi connectivity index (χ2n) is 6.91. The third kappa shape index (κ3) is 4.98. The van der Waals surface area contributed by atoms with Gasteiger partial charge < -0.3 is 15.6 Å². The van der Waals surface area contributed by atoms with Crippen LogP contribution in [0.25, 0.3) is 11.4 Å². The Labute approximate surface area is 153 Å². The first-order valence-electron chi connectivity index (χ1n) is 8.79. The number of aromatic amines is 1. The van der Waals surface area contributed by atoms with Gasteiger partial charge in [-0.2, -0.15) is 0 Å². The van der Waals surface area contributed by atoms with Gasteiger partial charge in [-0.1, -0.05) is 13.8 Å². The van der Waals surface area contributed by atoms with Crippen LogP contribution in [0.1, 0.15) is 31.5 Å². The second-order valence-corrected chi connectivity index (χ2v) is 6.91. The smallest absolute Gasteiger partial charge is 0.255 e. The first-order valence-corrected chi connectivity index (χ1v) is 8.79. The molecule has 2 heterocycles. The van der Waals surface area contributed by atoms with Crippen LogP contribution in [0.5, 0.6) is 0 Å². The van der Waals surface area contributed by atoms with E-state index in [1.54, 1.807) is 37.3 Å². The second kappa shape index (κ2) is 8.71. The normalized spacial score (nSPS) is 12.2. The number of nitrogens with zero attached hydrogens (tertiary/aromatic N) is 3. The largest absolute Gasteiger partial charge is 0.345 e. The van der Waals surface area contributed by atoms with Gasteiger partial charge in [-0.05, 0) is 31.4 Å². The maximum atomic E-state index is 12.4. The Morgan fingerprint density at radius 3 is 2.69 bits per heavy atom. The highest BCUT2D eigenvalue weighted by Crippen LogP contribution is 2.13. The van der Waals surface area contributed by atoms with Gasteiger partial charge in [-0.15, -0.1) is 0 Å². The number of hydrogen-bond donors (Lipinski definition) is 2. The minimum Gasteiger partial charge on any atom is -0.345 e. The molecular weight excluding hydrogens is 330 g/mol. The molecule has 0 radical (unpaired) electrons. The van der Waals surface area contributed by atoms with Gasteiger partial charge in [-0.3, -0.25) is 14.6 Å². The van der Waals surface area contributed by atoms with Crippen molar-refractivity contribution in [3.8, 4) is 11.4 Å². The minimum absolute atomic E-state index is 0.0227. The summed E-state index contributed by atoms with van der Waals surface area (Å²) in [4.78, 5) is 37.7. The average Bonchev–Trinajstić information content (AvgIpc) is 2.62. The Morgan fingerprint density at radius 1 is 1.38 bits per heavy atom. The number of hydrogen-bond acceptors (Lipinski definition) is 5. The van der Waals surface area contributed by atoms with E-state index in [1.165, 1.54) is 0 Å². The molecule has 2 aromatic rings. The maximum Gasteiger partial charge on any atom is 0.255 e. The number of nitrogens with two attached hydrogens (primary N) is 1. The first kappa shape index (κ1) is 19.8. The zero-order valence-corrected chi connectivity index (χ0v) is 15.8. The molecule has 2 aromatic heterocycles. The van der Waals surface area contributed by atoms with Gasteiger partial charge in [-0.25, -0.2) is 4.98 Å². The van der Waals surface area contributed by atoms with E-state index in [0.717, 1.165) is 12.0 Å². The molecule has 0 saturated carbocycles. The lowest BCUT2D eigenvalue weighted by molar-refractivity contribution is -0.129. The van der Waals surface area contributed by atoms with Crippen LogP contribution >= 0.6 is 0 Å². The lowest BCUT2D eigenvalue weighted by Gasteiger charge is -2.21. The van der Waals surface area contributed by atoms with Crippen LogP contribution in [0.2, 0.25) is 0 Å². The monoisotopic (exact) mass is 357 g/mol. The highest BCUT2D eigenvalue weighted by molar-refractivity contribution is 5.78. The van der Waals surface area contributed by atoms with Crippen LogP contribution in [0.15, 0.2) is 29.3 Å². The van der Waals surface area contributed by atoms with Crippen molar-refractivity contribution in [3.63, 3.8) is 0 Å². The highest BCUT2D eigenvalue weighted by atomic mass is 16.2. The number of aryl methyl sites for hydroxylation is 1. The van der Waals surface area contributed by atoms with Gasteiger partial charge in [0.25, 0.3) is 5.56 Å².